The van der Waals surface area contributed by atoms with Gasteiger partial charge in [-0.05, 0) is 96.5 Å². The number of nitriles is 1. The molecule has 0 amide bonds. The lowest BCUT2D eigenvalue weighted by molar-refractivity contribution is 0.214. The average molecular weight is 531 g/mol. The minimum absolute atomic E-state index is 0.108. The van der Waals surface area contributed by atoms with Crippen molar-refractivity contribution in [1.82, 2.24) is 4.98 Å². The molecule has 0 aliphatic heterocycles. The molecule has 4 nitrogen and oxygen atoms in total. The third kappa shape index (κ3) is 5.49. The van der Waals surface area contributed by atoms with Crippen LogP contribution in [0.1, 0.15) is 125 Å². The van der Waals surface area contributed by atoms with Crippen LogP contribution in [0.5, 0.6) is 0 Å². The van der Waals surface area contributed by atoms with Crippen LogP contribution in [0, 0.1) is 16.7 Å². The number of aliphatic hydroxyl groups excluding tert-OH is 1. The number of nitrogens with zero attached hydrogens (tertiary/aromatic N) is 2. The van der Waals surface area contributed by atoms with E-state index in [0.29, 0.717) is 5.56 Å². The van der Waals surface area contributed by atoms with Crippen molar-refractivity contribution in [3.63, 3.8) is 0 Å². The molecule has 0 saturated heterocycles. The largest absolute Gasteiger partial charge is 0.546 e. The van der Waals surface area contributed by atoms with Crippen LogP contribution in [0.25, 0.3) is 0 Å². The summed E-state index contributed by atoms with van der Waals surface area (Å²) in [7, 11) is -2.03. The van der Waals surface area contributed by atoms with E-state index in [1.807, 2.05) is 12.1 Å². The van der Waals surface area contributed by atoms with Gasteiger partial charge in [0.25, 0.3) is 0 Å². The van der Waals surface area contributed by atoms with Crippen LogP contribution in [0.4, 0.5) is 0 Å². The third-order valence-corrected chi connectivity index (χ3v) is 13.4. The summed E-state index contributed by atoms with van der Waals surface area (Å²) in [5, 5.41) is 21.4. The zero-order chi connectivity index (χ0) is 28.0. The van der Waals surface area contributed by atoms with Crippen LogP contribution >= 0.6 is 0 Å². The molecule has 0 saturated carbocycles. The Morgan fingerprint density at radius 3 is 2.39 bits per heavy atom. The summed E-state index contributed by atoms with van der Waals surface area (Å²) in [6.45, 7) is 20.5. The van der Waals surface area contributed by atoms with Gasteiger partial charge in [-0.15, -0.1) is 0 Å². The fraction of sp³-hybridized carbons (Fsp3) is 0.576. The standard InChI is InChI=1S/C33H46N2O2Si/c1-21(2)30-29(31(36)23-15-13-22(20-34)14-16-23)28(24-17-18-33(6,7)19-26(24)35-30)25-11-10-12-27(25)37-38(8,9)32(3,4)5/h12-16,21,25,31,36H,10-11,17-19H2,1-9H3/t25-,31-/m1/s1. The summed E-state index contributed by atoms with van der Waals surface area (Å²) < 4.78 is 7.00. The van der Waals surface area contributed by atoms with Crippen molar-refractivity contribution in [3.8, 4) is 6.07 Å². The summed E-state index contributed by atoms with van der Waals surface area (Å²) >= 11 is 0. The van der Waals surface area contributed by atoms with E-state index < -0.39 is 14.4 Å². The van der Waals surface area contributed by atoms with E-state index in [2.05, 4.69) is 73.7 Å². The number of pyridine rings is 1. The highest BCUT2D eigenvalue weighted by atomic mass is 28.4. The quantitative estimate of drug-likeness (QED) is 0.380. The Hall–Kier alpha value is -2.42. The molecule has 38 heavy (non-hydrogen) atoms. The van der Waals surface area contributed by atoms with E-state index >= 15 is 0 Å². The molecule has 1 aromatic heterocycles. The predicted molar refractivity (Wildman–Crippen MR) is 158 cm³/mol. The maximum Gasteiger partial charge on any atom is 0.250 e. The number of fused-ring (bicyclic) bond motifs is 1. The van der Waals surface area contributed by atoms with Gasteiger partial charge in [0.1, 0.15) is 6.10 Å². The number of aliphatic hydroxyl groups is 1. The SMILES string of the molecule is CC(C)c1nc2c(c([C@@H]3CCC=C3O[Si](C)(C)C(C)(C)C)c1[C@H](O)c1ccc(C#N)cc1)CCC(C)(C)C2. The monoisotopic (exact) mass is 530 g/mol. The van der Waals surface area contributed by atoms with Gasteiger partial charge in [-0.25, -0.2) is 0 Å². The van der Waals surface area contributed by atoms with Crippen LogP contribution < -0.4 is 0 Å². The molecular formula is C33H46N2O2Si. The summed E-state index contributed by atoms with van der Waals surface area (Å²) in [6, 6.07) is 9.55. The number of hydrogen-bond acceptors (Lipinski definition) is 4. The fourth-order valence-corrected chi connectivity index (χ4v) is 6.84. The van der Waals surface area contributed by atoms with Crippen molar-refractivity contribution in [2.75, 3.05) is 0 Å². The Morgan fingerprint density at radius 2 is 1.82 bits per heavy atom. The number of hydrogen-bond donors (Lipinski definition) is 1. The molecule has 0 spiro atoms. The third-order valence-electron chi connectivity index (χ3n) is 9.04. The zero-order valence-corrected chi connectivity index (χ0v) is 25.9. The number of allylic oxidation sites excluding steroid dienone is 2. The van der Waals surface area contributed by atoms with E-state index in [1.54, 1.807) is 12.1 Å². The summed E-state index contributed by atoms with van der Waals surface area (Å²) in [6.07, 6.45) is 6.51. The number of benzene rings is 1. The second-order valence-corrected chi connectivity index (χ2v) is 18.7. The van der Waals surface area contributed by atoms with Gasteiger partial charge < -0.3 is 9.53 Å². The van der Waals surface area contributed by atoms with Gasteiger partial charge in [0, 0.05) is 22.9 Å². The maximum absolute atomic E-state index is 12.0. The second kappa shape index (κ2) is 10.3. The molecule has 2 aromatic rings. The first-order valence-corrected chi connectivity index (χ1v) is 17.2. The highest BCUT2D eigenvalue weighted by molar-refractivity contribution is 6.74. The molecular weight excluding hydrogens is 484 g/mol. The first kappa shape index (κ1) is 28.6. The van der Waals surface area contributed by atoms with E-state index in [4.69, 9.17) is 9.41 Å². The molecule has 0 fully saturated rings. The lowest BCUT2D eigenvalue weighted by Crippen LogP contribution is -2.41. The van der Waals surface area contributed by atoms with Crippen molar-refractivity contribution >= 4 is 8.32 Å². The maximum atomic E-state index is 12.0. The minimum Gasteiger partial charge on any atom is -0.546 e. The first-order valence-electron chi connectivity index (χ1n) is 14.3. The Labute approximate surface area is 231 Å². The van der Waals surface area contributed by atoms with Crippen LogP contribution in [0.15, 0.2) is 36.1 Å². The van der Waals surface area contributed by atoms with Gasteiger partial charge in [-0.1, -0.05) is 60.6 Å². The molecule has 2 aliphatic carbocycles. The molecule has 1 heterocycles. The van der Waals surface area contributed by atoms with E-state index in [1.165, 1.54) is 16.8 Å². The second-order valence-electron chi connectivity index (χ2n) is 14.0. The molecule has 2 aliphatic rings. The van der Waals surface area contributed by atoms with Crippen molar-refractivity contribution in [3.05, 3.63) is 75.3 Å². The Morgan fingerprint density at radius 1 is 1.16 bits per heavy atom. The highest BCUT2D eigenvalue weighted by Gasteiger charge is 2.43. The Kier molecular flexibility index (Phi) is 7.73. The normalized spacial score (nSPS) is 20.1. The lowest BCUT2D eigenvalue weighted by Gasteiger charge is -2.40. The van der Waals surface area contributed by atoms with Gasteiger partial charge >= 0.3 is 0 Å². The smallest absolute Gasteiger partial charge is 0.250 e. The van der Waals surface area contributed by atoms with Crippen molar-refractivity contribution < 1.29 is 9.53 Å². The van der Waals surface area contributed by atoms with Crippen LogP contribution in [-0.2, 0) is 17.3 Å². The van der Waals surface area contributed by atoms with Crippen molar-refractivity contribution in [1.29, 1.82) is 5.26 Å². The minimum atomic E-state index is -2.03. The molecule has 1 N–H and O–H groups in total. The molecule has 0 radical (unpaired) electrons. The van der Waals surface area contributed by atoms with Crippen LogP contribution in [0.2, 0.25) is 18.1 Å². The van der Waals surface area contributed by atoms with Crippen LogP contribution in [0.3, 0.4) is 0 Å². The Balaban J connectivity index is 1.93. The van der Waals surface area contributed by atoms with Crippen molar-refractivity contribution in [2.45, 2.75) is 117 Å². The average Bonchev–Trinajstić information content (AvgIpc) is 3.28. The van der Waals surface area contributed by atoms with Gasteiger partial charge in [0.05, 0.1) is 17.4 Å². The van der Waals surface area contributed by atoms with Gasteiger partial charge in [-0.3, -0.25) is 4.98 Å². The van der Waals surface area contributed by atoms with Gasteiger partial charge in [0.2, 0.25) is 8.32 Å². The van der Waals surface area contributed by atoms with E-state index in [-0.39, 0.29) is 22.3 Å². The Bertz CT molecular complexity index is 1260. The van der Waals surface area contributed by atoms with Crippen LogP contribution in [-0.4, -0.2) is 18.4 Å². The lowest BCUT2D eigenvalue weighted by atomic mass is 9.71. The zero-order valence-electron chi connectivity index (χ0n) is 24.9. The van der Waals surface area contributed by atoms with E-state index in [0.717, 1.165) is 54.7 Å². The number of rotatable bonds is 6. The molecule has 2 atom stereocenters. The molecule has 4 rings (SSSR count). The summed E-state index contributed by atoms with van der Waals surface area (Å²) in [5.41, 5.74) is 7.35. The predicted octanol–water partition coefficient (Wildman–Crippen LogP) is 8.46. The molecule has 0 unspecified atom stereocenters. The van der Waals surface area contributed by atoms with Gasteiger partial charge in [-0.2, -0.15) is 5.26 Å². The van der Waals surface area contributed by atoms with E-state index in [9.17, 15) is 10.4 Å². The van der Waals surface area contributed by atoms with Crippen molar-refractivity contribution in [2.24, 2.45) is 5.41 Å². The summed E-state index contributed by atoms with van der Waals surface area (Å²) in [4.78, 5) is 5.30. The molecule has 204 valence electrons. The molecule has 5 heteroatoms. The highest BCUT2D eigenvalue weighted by Crippen LogP contribution is 2.49. The first-order chi connectivity index (χ1) is 17.6. The molecule has 0 bridgehead atoms. The topological polar surface area (TPSA) is 66.1 Å². The molecule has 1 aromatic carbocycles. The summed E-state index contributed by atoms with van der Waals surface area (Å²) in [5.74, 6) is 1.39. The number of aromatic nitrogens is 1. The van der Waals surface area contributed by atoms with Gasteiger partial charge in [0.15, 0.2) is 0 Å². The fourth-order valence-electron chi connectivity index (χ4n) is 5.72.